The van der Waals surface area contributed by atoms with Gasteiger partial charge in [-0.1, -0.05) is 44.4 Å². The molecule has 6 nitrogen and oxygen atoms in total. The maximum Gasteiger partial charge on any atom is 0.335 e. The molecule has 1 aromatic heterocycles. The molecule has 0 unspecified atom stereocenters. The molecule has 0 bridgehead atoms. The minimum atomic E-state index is -0.852. The van der Waals surface area contributed by atoms with Gasteiger partial charge in [0.25, 0.3) is 0 Å². The van der Waals surface area contributed by atoms with Gasteiger partial charge < -0.3 is 24.2 Å². The van der Waals surface area contributed by atoms with E-state index in [1.54, 1.807) is 0 Å². The second-order valence-corrected chi connectivity index (χ2v) is 12.6. The van der Waals surface area contributed by atoms with Crippen molar-refractivity contribution in [2.75, 3.05) is 51.3 Å². The number of fused-ring (bicyclic) bond motifs is 5. The molecule has 3 aromatic rings. The lowest BCUT2D eigenvalue weighted by molar-refractivity contribution is 0.0697. The number of ether oxygens (including phenoxy) is 1. The standard InChI is InChI=1S/C35H47N3O3/c1-3-25-11-13-30-31(22-25)37(18-17-36-16-7-8-26(24-36)15-21-41-2)19-20-38-32-23-28(35(39)40)12-14-29(32)33(34(30)38)27-9-5-4-6-10-27/h11-14,22-23,26-27H,3-10,15-21,24H2,1-2H3,(H,39,40)/t26-/m0/s1. The molecular weight excluding hydrogens is 510 g/mol. The van der Waals surface area contributed by atoms with Crippen molar-refractivity contribution in [1.82, 2.24) is 9.47 Å². The number of likely N-dealkylation sites (tertiary alicyclic amines) is 1. The Morgan fingerprint density at radius 1 is 0.976 bits per heavy atom. The number of benzene rings is 2. The van der Waals surface area contributed by atoms with E-state index in [0.29, 0.717) is 11.5 Å². The number of hydrogen-bond acceptors (Lipinski definition) is 4. The number of carboxylic acid groups (broad SMARTS) is 1. The van der Waals surface area contributed by atoms with Gasteiger partial charge in [0.05, 0.1) is 11.3 Å². The fraction of sp³-hybridized carbons (Fsp3) is 0.571. The van der Waals surface area contributed by atoms with E-state index in [0.717, 1.165) is 57.1 Å². The van der Waals surface area contributed by atoms with Crippen LogP contribution in [0.3, 0.4) is 0 Å². The van der Waals surface area contributed by atoms with Crippen LogP contribution in [-0.4, -0.2) is 67.0 Å². The van der Waals surface area contributed by atoms with E-state index in [9.17, 15) is 9.90 Å². The van der Waals surface area contributed by atoms with Crippen molar-refractivity contribution in [1.29, 1.82) is 0 Å². The van der Waals surface area contributed by atoms with Crippen molar-refractivity contribution in [3.8, 4) is 11.3 Å². The smallest absolute Gasteiger partial charge is 0.335 e. The molecule has 6 heteroatoms. The first kappa shape index (κ1) is 28.3. The van der Waals surface area contributed by atoms with Gasteiger partial charge in [0.1, 0.15) is 0 Å². The number of anilines is 1. The molecule has 1 saturated carbocycles. The third kappa shape index (κ3) is 5.78. The van der Waals surface area contributed by atoms with Gasteiger partial charge in [0.15, 0.2) is 0 Å². The maximum atomic E-state index is 12.0. The first-order valence-corrected chi connectivity index (χ1v) is 16.1. The van der Waals surface area contributed by atoms with E-state index in [-0.39, 0.29) is 0 Å². The van der Waals surface area contributed by atoms with Crippen LogP contribution in [0.4, 0.5) is 5.69 Å². The van der Waals surface area contributed by atoms with Crippen molar-refractivity contribution in [2.24, 2.45) is 5.92 Å². The first-order chi connectivity index (χ1) is 20.1. The molecule has 6 rings (SSSR count). The number of rotatable bonds is 9. The lowest BCUT2D eigenvalue weighted by Crippen LogP contribution is -2.41. The minimum Gasteiger partial charge on any atom is -0.478 e. The Hall–Kier alpha value is -2.83. The second kappa shape index (κ2) is 12.6. The SMILES string of the molecule is CCc1ccc2c(c1)N(CCN1CCC[C@@H](CCOC)C1)CCn1c-2c(C2CCCCC2)c2ccc(C(=O)O)cc21. The summed E-state index contributed by atoms with van der Waals surface area (Å²) in [5, 5.41) is 11.1. The zero-order valence-electron chi connectivity index (χ0n) is 25.0. The molecule has 1 atom stereocenters. The molecule has 3 aliphatic rings. The van der Waals surface area contributed by atoms with Crippen LogP contribution in [0.5, 0.6) is 0 Å². The van der Waals surface area contributed by atoms with Crippen LogP contribution < -0.4 is 4.90 Å². The van der Waals surface area contributed by atoms with Crippen LogP contribution >= 0.6 is 0 Å². The lowest BCUT2D eigenvalue weighted by Gasteiger charge is -2.35. The van der Waals surface area contributed by atoms with E-state index < -0.39 is 5.97 Å². The predicted molar refractivity (Wildman–Crippen MR) is 167 cm³/mol. The molecule has 1 N–H and O–H groups in total. The third-order valence-electron chi connectivity index (χ3n) is 10.0. The van der Waals surface area contributed by atoms with Crippen LogP contribution in [0.15, 0.2) is 36.4 Å². The Morgan fingerprint density at radius 2 is 1.83 bits per heavy atom. The highest BCUT2D eigenvalue weighted by Crippen LogP contribution is 2.47. The highest BCUT2D eigenvalue weighted by atomic mass is 16.5. The van der Waals surface area contributed by atoms with Gasteiger partial charge in [-0.25, -0.2) is 4.79 Å². The van der Waals surface area contributed by atoms with Gasteiger partial charge in [-0.15, -0.1) is 0 Å². The average Bonchev–Trinajstić information content (AvgIpc) is 3.24. The van der Waals surface area contributed by atoms with Crippen molar-refractivity contribution in [2.45, 2.75) is 77.2 Å². The van der Waals surface area contributed by atoms with Crippen LogP contribution in [0.1, 0.15) is 85.7 Å². The lowest BCUT2D eigenvalue weighted by atomic mass is 9.81. The Bertz CT molecular complexity index is 1370. The molecule has 2 fully saturated rings. The molecule has 2 aromatic carbocycles. The Labute approximate surface area is 245 Å². The summed E-state index contributed by atoms with van der Waals surface area (Å²) in [5.74, 6) is 0.413. The molecule has 41 heavy (non-hydrogen) atoms. The van der Waals surface area contributed by atoms with E-state index in [2.05, 4.69) is 45.6 Å². The number of nitrogens with zero attached hydrogens (tertiary/aromatic N) is 3. The van der Waals surface area contributed by atoms with E-state index in [1.807, 2.05) is 19.2 Å². The Morgan fingerprint density at radius 3 is 2.61 bits per heavy atom. The quantitative estimate of drug-likeness (QED) is 0.302. The van der Waals surface area contributed by atoms with Gasteiger partial charge in [0.2, 0.25) is 0 Å². The molecule has 1 saturated heterocycles. The second-order valence-electron chi connectivity index (χ2n) is 12.6. The van der Waals surface area contributed by atoms with Crippen molar-refractivity contribution in [3.63, 3.8) is 0 Å². The van der Waals surface area contributed by atoms with Crippen LogP contribution in [-0.2, 0) is 17.7 Å². The average molecular weight is 558 g/mol. The van der Waals surface area contributed by atoms with Crippen LogP contribution in [0.2, 0.25) is 0 Å². The normalized spacial score (nSPS) is 20.1. The van der Waals surface area contributed by atoms with Crippen molar-refractivity contribution >= 4 is 22.6 Å². The number of hydrogen-bond donors (Lipinski definition) is 1. The Balaban J connectivity index is 1.39. The number of aromatic nitrogens is 1. The topological polar surface area (TPSA) is 57.9 Å². The molecule has 0 spiro atoms. The number of methoxy groups -OCH3 is 1. The van der Waals surface area contributed by atoms with Gasteiger partial charge in [0, 0.05) is 68.6 Å². The summed E-state index contributed by atoms with van der Waals surface area (Å²) in [5.41, 5.74) is 8.32. The van der Waals surface area contributed by atoms with E-state index in [1.165, 1.54) is 91.5 Å². The fourth-order valence-corrected chi connectivity index (χ4v) is 7.81. The number of piperidine rings is 1. The molecule has 0 amide bonds. The molecule has 3 heterocycles. The summed E-state index contributed by atoms with van der Waals surface area (Å²) in [4.78, 5) is 17.3. The van der Waals surface area contributed by atoms with Gasteiger partial charge in [-0.05, 0) is 86.2 Å². The fourth-order valence-electron chi connectivity index (χ4n) is 7.81. The largest absolute Gasteiger partial charge is 0.478 e. The van der Waals surface area contributed by atoms with Crippen molar-refractivity contribution in [3.05, 3.63) is 53.1 Å². The zero-order valence-corrected chi connectivity index (χ0v) is 25.0. The maximum absolute atomic E-state index is 12.0. The number of aromatic carboxylic acids is 1. The number of aryl methyl sites for hydroxylation is 1. The van der Waals surface area contributed by atoms with E-state index in [4.69, 9.17) is 4.74 Å². The molecule has 2 aliphatic heterocycles. The van der Waals surface area contributed by atoms with Gasteiger partial charge in [-0.2, -0.15) is 0 Å². The summed E-state index contributed by atoms with van der Waals surface area (Å²) in [6, 6.07) is 12.9. The molecule has 0 radical (unpaired) electrons. The first-order valence-electron chi connectivity index (χ1n) is 16.1. The third-order valence-corrected chi connectivity index (χ3v) is 10.0. The van der Waals surface area contributed by atoms with Gasteiger partial charge >= 0.3 is 5.97 Å². The molecule has 220 valence electrons. The summed E-state index contributed by atoms with van der Waals surface area (Å²) < 4.78 is 7.85. The Kier molecular flexibility index (Phi) is 8.68. The molecule has 1 aliphatic carbocycles. The van der Waals surface area contributed by atoms with Crippen LogP contribution in [0.25, 0.3) is 22.2 Å². The van der Waals surface area contributed by atoms with Crippen LogP contribution in [0, 0.1) is 5.92 Å². The highest BCUT2D eigenvalue weighted by molar-refractivity contribution is 5.99. The summed E-state index contributed by atoms with van der Waals surface area (Å²) >= 11 is 0. The summed E-state index contributed by atoms with van der Waals surface area (Å²) in [7, 11) is 1.81. The highest BCUT2D eigenvalue weighted by Gasteiger charge is 2.31. The number of carbonyl (C=O) groups is 1. The summed E-state index contributed by atoms with van der Waals surface area (Å²) in [6.45, 7) is 9.35. The predicted octanol–water partition coefficient (Wildman–Crippen LogP) is 7.19. The monoisotopic (exact) mass is 557 g/mol. The number of carboxylic acids is 1. The van der Waals surface area contributed by atoms with Gasteiger partial charge in [-0.3, -0.25) is 0 Å². The van der Waals surface area contributed by atoms with E-state index >= 15 is 0 Å². The summed E-state index contributed by atoms with van der Waals surface area (Å²) in [6.07, 6.45) is 11.1. The minimum absolute atomic E-state index is 0.378. The van der Waals surface area contributed by atoms with Crippen molar-refractivity contribution < 1.29 is 14.6 Å². The zero-order chi connectivity index (χ0) is 28.3. The molecular formula is C35H47N3O3.